The van der Waals surface area contributed by atoms with Gasteiger partial charge in [-0.25, -0.2) is 0 Å². The maximum Gasteiger partial charge on any atom is 0.0759 e. The van der Waals surface area contributed by atoms with E-state index in [0.717, 1.165) is 30.3 Å². The molecule has 2 heteroatoms. The smallest absolute Gasteiger partial charge is 0.0759 e. The quantitative estimate of drug-likeness (QED) is 0.794. The van der Waals surface area contributed by atoms with Crippen molar-refractivity contribution in [3.05, 3.63) is 0 Å². The van der Waals surface area contributed by atoms with E-state index in [1.54, 1.807) is 0 Å². The van der Waals surface area contributed by atoms with Gasteiger partial charge in [0.2, 0.25) is 0 Å². The van der Waals surface area contributed by atoms with Crippen molar-refractivity contribution in [3.63, 3.8) is 0 Å². The Labute approximate surface area is 105 Å². The van der Waals surface area contributed by atoms with Crippen LogP contribution < -0.4 is 5.32 Å². The summed E-state index contributed by atoms with van der Waals surface area (Å²) in [7, 11) is 0. The van der Waals surface area contributed by atoms with Crippen LogP contribution >= 0.6 is 0 Å². The van der Waals surface area contributed by atoms with Crippen molar-refractivity contribution in [3.8, 4) is 0 Å². The number of fused-ring (bicyclic) bond motifs is 1. The lowest BCUT2D eigenvalue weighted by atomic mass is 9.88. The molecule has 1 saturated heterocycles. The Balaban J connectivity index is 1.50. The molecule has 2 bridgehead atoms. The summed E-state index contributed by atoms with van der Waals surface area (Å²) < 4.78 is 6.27. The Morgan fingerprint density at radius 2 is 2.00 bits per heavy atom. The van der Waals surface area contributed by atoms with Crippen LogP contribution in [0.4, 0.5) is 0 Å². The third-order valence-electron chi connectivity index (χ3n) is 5.13. The fraction of sp³-hybridized carbons (Fsp3) is 1.00. The average molecular weight is 237 g/mol. The first-order chi connectivity index (χ1) is 8.15. The van der Waals surface area contributed by atoms with Crippen molar-refractivity contribution >= 4 is 0 Å². The molecule has 2 aliphatic carbocycles. The average Bonchev–Trinajstić information content (AvgIpc) is 2.83. The summed E-state index contributed by atoms with van der Waals surface area (Å²) >= 11 is 0. The molecule has 3 fully saturated rings. The predicted octanol–water partition coefficient (Wildman–Crippen LogP) is 2.68. The van der Waals surface area contributed by atoms with Crippen LogP contribution in [0.25, 0.3) is 0 Å². The molecule has 0 aromatic carbocycles. The lowest BCUT2D eigenvalue weighted by molar-refractivity contribution is -0.0152. The van der Waals surface area contributed by atoms with Gasteiger partial charge in [0.1, 0.15) is 0 Å². The second-order valence-electron chi connectivity index (χ2n) is 7.12. The zero-order valence-corrected chi connectivity index (χ0v) is 11.5. The van der Waals surface area contributed by atoms with Crippen LogP contribution in [0.15, 0.2) is 0 Å². The van der Waals surface area contributed by atoms with Gasteiger partial charge in [-0.3, -0.25) is 0 Å². The van der Waals surface area contributed by atoms with Gasteiger partial charge in [-0.1, -0.05) is 20.8 Å². The van der Waals surface area contributed by atoms with E-state index in [2.05, 4.69) is 26.1 Å². The molecule has 1 heterocycles. The van der Waals surface area contributed by atoms with E-state index in [4.69, 9.17) is 4.74 Å². The van der Waals surface area contributed by atoms with Gasteiger partial charge in [0.25, 0.3) is 0 Å². The van der Waals surface area contributed by atoms with Gasteiger partial charge >= 0.3 is 0 Å². The topological polar surface area (TPSA) is 21.3 Å². The predicted molar refractivity (Wildman–Crippen MR) is 69.9 cm³/mol. The Morgan fingerprint density at radius 1 is 1.18 bits per heavy atom. The SMILES string of the molecule is CC(C)CC(C)COC1C2CC3CNC1C3C2. The van der Waals surface area contributed by atoms with Crippen LogP contribution in [0.2, 0.25) is 0 Å². The molecule has 0 amide bonds. The van der Waals surface area contributed by atoms with E-state index in [0.29, 0.717) is 18.1 Å². The van der Waals surface area contributed by atoms with Crippen molar-refractivity contribution in [1.29, 1.82) is 0 Å². The van der Waals surface area contributed by atoms with Gasteiger partial charge in [-0.15, -0.1) is 0 Å². The molecule has 2 nitrogen and oxygen atoms in total. The Bertz CT molecular complexity index is 276. The number of hydrogen-bond acceptors (Lipinski definition) is 2. The van der Waals surface area contributed by atoms with Crippen LogP contribution in [-0.4, -0.2) is 25.3 Å². The first-order valence-corrected chi connectivity index (χ1v) is 7.50. The van der Waals surface area contributed by atoms with Gasteiger partial charge < -0.3 is 10.1 Å². The van der Waals surface area contributed by atoms with Crippen LogP contribution in [-0.2, 0) is 4.74 Å². The third-order valence-corrected chi connectivity index (χ3v) is 5.13. The lowest BCUT2D eigenvalue weighted by Gasteiger charge is -2.29. The molecule has 3 rings (SSSR count). The first-order valence-electron chi connectivity index (χ1n) is 7.50. The molecule has 98 valence electrons. The Hall–Kier alpha value is -0.0800. The fourth-order valence-corrected chi connectivity index (χ4v) is 4.62. The molecular formula is C15H27NO. The van der Waals surface area contributed by atoms with Crippen molar-refractivity contribution in [1.82, 2.24) is 5.32 Å². The molecule has 1 aliphatic heterocycles. The van der Waals surface area contributed by atoms with Crippen molar-refractivity contribution in [2.24, 2.45) is 29.6 Å². The number of rotatable bonds is 5. The van der Waals surface area contributed by atoms with Crippen LogP contribution in [0.5, 0.6) is 0 Å². The van der Waals surface area contributed by atoms with E-state index in [9.17, 15) is 0 Å². The van der Waals surface area contributed by atoms with Gasteiger partial charge in [0.05, 0.1) is 6.10 Å². The maximum atomic E-state index is 6.27. The van der Waals surface area contributed by atoms with Gasteiger partial charge in [-0.05, 0) is 55.4 Å². The minimum atomic E-state index is 0.536. The van der Waals surface area contributed by atoms with Crippen LogP contribution in [0.3, 0.4) is 0 Å². The molecule has 2 saturated carbocycles. The summed E-state index contributed by atoms with van der Waals surface area (Å²) in [5.74, 6) is 4.31. The summed E-state index contributed by atoms with van der Waals surface area (Å²) in [5.41, 5.74) is 0. The largest absolute Gasteiger partial charge is 0.376 e. The van der Waals surface area contributed by atoms with Crippen molar-refractivity contribution in [2.75, 3.05) is 13.2 Å². The van der Waals surface area contributed by atoms with E-state index in [1.165, 1.54) is 25.8 Å². The number of ether oxygens (including phenoxy) is 1. The number of nitrogens with one attached hydrogen (secondary N) is 1. The highest BCUT2D eigenvalue weighted by molar-refractivity contribution is 5.10. The Morgan fingerprint density at radius 3 is 2.76 bits per heavy atom. The van der Waals surface area contributed by atoms with E-state index in [-0.39, 0.29) is 0 Å². The summed E-state index contributed by atoms with van der Waals surface area (Å²) in [6.45, 7) is 9.16. The summed E-state index contributed by atoms with van der Waals surface area (Å²) in [4.78, 5) is 0. The maximum absolute atomic E-state index is 6.27. The highest BCUT2D eigenvalue weighted by atomic mass is 16.5. The fourth-order valence-electron chi connectivity index (χ4n) is 4.62. The zero-order chi connectivity index (χ0) is 12.0. The molecule has 6 unspecified atom stereocenters. The van der Waals surface area contributed by atoms with Crippen LogP contribution in [0.1, 0.15) is 40.0 Å². The normalized spacial score (nSPS) is 44.8. The molecule has 3 aliphatic rings. The highest BCUT2D eigenvalue weighted by Gasteiger charge is 2.56. The third kappa shape index (κ3) is 2.15. The van der Waals surface area contributed by atoms with Gasteiger partial charge in [0.15, 0.2) is 0 Å². The molecule has 0 radical (unpaired) electrons. The van der Waals surface area contributed by atoms with E-state index >= 15 is 0 Å². The van der Waals surface area contributed by atoms with E-state index < -0.39 is 0 Å². The standard InChI is InChI=1S/C15H27NO/c1-9(2)4-10(3)8-17-15-11-5-12-7-16-14(15)13(12)6-11/h9-16H,4-8H2,1-3H3. The second kappa shape index (κ2) is 4.55. The molecule has 1 N–H and O–H groups in total. The summed E-state index contributed by atoms with van der Waals surface area (Å²) in [6.07, 6.45) is 4.69. The lowest BCUT2D eigenvalue weighted by Crippen LogP contribution is -2.40. The van der Waals surface area contributed by atoms with Gasteiger partial charge in [0, 0.05) is 12.6 Å². The second-order valence-corrected chi connectivity index (χ2v) is 7.12. The molecule has 0 aromatic heterocycles. The molecule has 0 aromatic rings. The van der Waals surface area contributed by atoms with Gasteiger partial charge in [-0.2, -0.15) is 0 Å². The van der Waals surface area contributed by atoms with Crippen molar-refractivity contribution < 1.29 is 4.74 Å². The van der Waals surface area contributed by atoms with E-state index in [1.807, 2.05) is 0 Å². The molecular weight excluding hydrogens is 210 g/mol. The summed E-state index contributed by atoms with van der Waals surface area (Å²) in [6, 6.07) is 0.699. The first kappa shape index (κ1) is 12.0. The monoisotopic (exact) mass is 237 g/mol. The summed E-state index contributed by atoms with van der Waals surface area (Å²) in [5, 5.41) is 3.70. The Kier molecular flexibility index (Phi) is 3.20. The molecule has 0 spiro atoms. The highest BCUT2D eigenvalue weighted by Crippen LogP contribution is 2.52. The molecule has 17 heavy (non-hydrogen) atoms. The number of hydrogen-bond donors (Lipinski definition) is 1. The molecule has 6 atom stereocenters. The van der Waals surface area contributed by atoms with Crippen molar-refractivity contribution in [2.45, 2.75) is 52.2 Å². The minimum Gasteiger partial charge on any atom is -0.376 e. The minimum absolute atomic E-state index is 0.536. The van der Waals surface area contributed by atoms with Crippen LogP contribution in [0, 0.1) is 29.6 Å². The zero-order valence-electron chi connectivity index (χ0n) is 11.5.